The fourth-order valence-electron chi connectivity index (χ4n) is 4.81. The largest absolute Gasteiger partial charge is 0.486 e. The van der Waals surface area contributed by atoms with E-state index in [9.17, 15) is 9.59 Å². The van der Waals surface area contributed by atoms with Crippen molar-refractivity contribution in [3.05, 3.63) is 35.5 Å². The molecule has 0 radical (unpaired) electrons. The number of ether oxygens (including phenoxy) is 2. The maximum Gasteiger partial charge on any atom is 0.227 e. The number of nitrogens with one attached hydrogen (secondary N) is 2. The molecule has 0 saturated heterocycles. The number of hydrogen-bond acceptors (Lipinski definition) is 7. The van der Waals surface area contributed by atoms with E-state index in [0.29, 0.717) is 37.1 Å². The van der Waals surface area contributed by atoms with Gasteiger partial charge in [-0.05, 0) is 37.0 Å². The van der Waals surface area contributed by atoms with Crippen LogP contribution in [0.15, 0.2) is 22.7 Å². The molecule has 2 aliphatic rings. The summed E-state index contributed by atoms with van der Waals surface area (Å²) in [7, 11) is 0. The third-order valence-corrected chi connectivity index (χ3v) is 6.55. The van der Waals surface area contributed by atoms with E-state index >= 15 is 0 Å². The number of amides is 2. The van der Waals surface area contributed by atoms with Crippen molar-refractivity contribution in [3.63, 3.8) is 0 Å². The molecule has 2 N–H and O–H groups in total. The van der Waals surface area contributed by atoms with Gasteiger partial charge < -0.3 is 24.6 Å². The van der Waals surface area contributed by atoms with Gasteiger partial charge in [-0.25, -0.2) is 0 Å². The van der Waals surface area contributed by atoms with Gasteiger partial charge in [-0.15, -0.1) is 0 Å². The Labute approximate surface area is 200 Å². The number of fused-ring (bicyclic) bond motifs is 1. The lowest BCUT2D eigenvalue weighted by molar-refractivity contribution is -0.122. The number of aromatic nitrogens is 2. The van der Waals surface area contributed by atoms with Crippen molar-refractivity contribution in [2.75, 3.05) is 13.2 Å². The molecule has 1 aromatic carbocycles. The summed E-state index contributed by atoms with van der Waals surface area (Å²) in [6.07, 6.45) is 7.18. The van der Waals surface area contributed by atoms with Gasteiger partial charge in [-0.3, -0.25) is 9.59 Å². The molecule has 1 atom stereocenters. The number of nitrogens with zero attached hydrogens (tertiary/aromatic N) is 2. The minimum Gasteiger partial charge on any atom is -0.486 e. The smallest absolute Gasteiger partial charge is 0.227 e. The molecule has 34 heavy (non-hydrogen) atoms. The molecule has 2 aromatic rings. The molecular formula is C25H34N4O5. The Hall–Kier alpha value is -3.10. The topological polar surface area (TPSA) is 116 Å². The molecule has 1 unspecified atom stereocenters. The van der Waals surface area contributed by atoms with Crippen molar-refractivity contribution >= 4 is 11.8 Å². The first-order valence-corrected chi connectivity index (χ1v) is 12.3. The van der Waals surface area contributed by atoms with Crippen LogP contribution in [-0.2, 0) is 21.5 Å². The van der Waals surface area contributed by atoms with Crippen molar-refractivity contribution in [2.45, 2.75) is 83.2 Å². The second-order valence-corrected chi connectivity index (χ2v) is 9.12. The van der Waals surface area contributed by atoms with Crippen LogP contribution in [0.4, 0.5) is 0 Å². The van der Waals surface area contributed by atoms with Gasteiger partial charge in [0.25, 0.3) is 0 Å². The molecule has 2 heterocycles. The van der Waals surface area contributed by atoms with E-state index in [1.165, 1.54) is 6.92 Å². The van der Waals surface area contributed by atoms with Crippen LogP contribution < -0.4 is 20.1 Å². The standard InChI is InChI=1S/C25H34N4O5/c1-3-19(18-8-9-20-21(16-18)33-15-14-32-20)26-22(31)10-11-23-27-24(29-34-23)25(28-17(2)30)12-6-4-5-7-13-25/h8-9,16,19H,3-7,10-15H2,1-2H3,(H,26,31)(H,28,30). The zero-order valence-electron chi connectivity index (χ0n) is 20.0. The second kappa shape index (κ2) is 10.9. The Morgan fingerprint density at radius 2 is 1.82 bits per heavy atom. The van der Waals surface area contributed by atoms with Gasteiger partial charge in [-0.1, -0.05) is 43.8 Å². The van der Waals surface area contributed by atoms with E-state index in [1.807, 2.05) is 25.1 Å². The number of hydrogen-bond donors (Lipinski definition) is 2. The van der Waals surface area contributed by atoms with Crippen LogP contribution in [0, 0.1) is 0 Å². The summed E-state index contributed by atoms with van der Waals surface area (Å²) in [5, 5.41) is 10.4. The normalized spacial score (nSPS) is 17.9. The van der Waals surface area contributed by atoms with Crippen molar-refractivity contribution < 1.29 is 23.6 Å². The molecule has 1 aliphatic heterocycles. The van der Waals surface area contributed by atoms with Crippen LogP contribution in [0.25, 0.3) is 0 Å². The van der Waals surface area contributed by atoms with Crippen molar-refractivity contribution in [2.24, 2.45) is 0 Å². The van der Waals surface area contributed by atoms with E-state index in [0.717, 1.165) is 56.3 Å². The first-order valence-electron chi connectivity index (χ1n) is 12.3. The molecule has 1 aromatic heterocycles. The average molecular weight is 471 g/mol. The van der Waals surface area contributed by atoms with E-state index in [1.54, 1.807) is 0 Å². The molecule has 9 heteroatoms. The average Bonchev–Trinajstić information content (AvgIpc) is 3.20. The summed E-state index contributed by atoms with van der Waals surface area (Å²) in [4.78, 5) is 29.2. The van der Waals surface area contributed by atoms with Crippen LogP contribution in [0.3, 0.4) is 0 Å². The van der Waals surface area contributed by atoms with E-state index in [2.05, 4.69) is 20.8 Å². The number of carbonyl (C=O) groups excluding carboxylic acids is 2. The van der Waals surface area contributed by atoms with Crippen LogP contribution in [0.1, 0.15) is 88.5 Å². The molecule has 2 amide bonds. The van der Waals surface area contributed by atoms with Crippen LogP contribution in [-0.4, -0.2) is 35.2 Å². The molecule has 184 valence electrons. The summed E-state index contributed by atoms with van der Waals surface area (Å²) < 4.78 is 16.7. The quantitative estimate of drug-likeness (QED) is 0.565. The predicted molar refractivity (Wildman–Crippen MR) is 124 cm³/mol. The highest BCUT2D eigenvalue weighted by atomic mass is 16.6. The number of aryl methyl sites for hydroxylation is 1. The van der Waals surface area contributed by atoms with E-state index < -0.39 is 5.54 Å². The lowest BCUT2D eigenvalue weighted by Crippen LogP contribution is -2.45. The molecule has 1 saturated carbocycles. The summed E-state index contributed by atoms with van der Waals surface area (Å²) >= 11 is 0. The lowest BCUT2D eigenvalue weighted by Gasteiger charge is -2.30. The third kappa shape index (κ3) is 5.69. The third-order valence-electron chi connectivity index (χ3n) is 6.55. The molecule has 0 bridgehead atoms. The van der Waals surface area contributed by atoms with Crippen molar-refractivity contribution in [1.29, 1.82) is 0 Å². The fourth-order valence-corrected chi connectivity index (χ4v) is 4.81. The van der Waals surface area contributed by atoms with Gasteiger partial charge in [0, 0.05) is 19.8 Å². The maximum atomic E-state index is 12.7. The summed E-state index contributed by atoms with van der Waals surface area (Å²) in [5.74, 6) is 2.18. The van der Waals surface area contributed by atoms with Crippen molar-refractivity contribution in [3.8, 4) is 11.5 Å². The highest BCUT2D eigenvalue weighted by Gasteiger charge is 2.38. The molecule has 1 aliphatic carbocycles. The number of benzene rings is 1. The summed E-state index contributed by atoms with van der Waals surface area (Å²) in [6.45, 7) is 4.61. The lowest BCUT2D eigenvalue weighted by atomic mass is 9.89. The van der Waals surface area contributed by atoms with Gasteiger partial charge in [-0.2, -0.15) is 4.98 Å². The van der Waals surface area contributed by atoms with Gasteiger partial charge in [0.1, 0.15) is 18.8 Å². The fraction of sp³-hybridized carbons (Fsp3) is 0.600. The molecule has 1 fully saturated rings. The van der Waals surface area contributed by atoms with Gasteiger partial charge in [0.2, 0.25) is 17.7 Å². The number of rotatable bonds is 8. The Bertz CT molecular complexity index is 997. The molecule has 4 rings (SSSR count). The minimum absolute atomic E-state index is 0.0903. The zero-order valence-corrected chi connectivity index (χ0v) is 20.0. The highest BCUT2D eigenvalue weighted by Crippen LogP contribution is 2.35. The summed E-state index contributed by atoms with van der Waals surface area (Å²) in [5.41, 5.74) is 0.392. The Kier molecular flexibility index (Phi) is 7.70. The van der Waals surface area contributed by atoms with E-state index in [-0.39, 0.29) is 24.3 Å². The molecule has 0 spiro atoms. The molecule has 9 nitrogen and oxygen atoms in total. The zero-order chi connectivity index (χ0) is 24.0. The number of carbonyl (C=O) groups is 2. The van der Waals surface area contributed by atoms with Crippen LogP contribution in [0.5, 0.6) is 11.5 Å². The second-order valence-electron chi connectivity index (χ2n) is 9.12. The van der Waals surface area contributed by atoms with Gasteiger partial charge in [0.05, 0.1) is 6.04 Å². The maximum absolute atomic E-state index is 12.7. The minimum atomic E-state index is -0.585. The van der Waals surface area contributed by atoms with E-state index in [4.69, 9.17) is 14.0 Å². The van der Waals surface area contributed by atoms with Crippen LogP contribution in [0.2, 0.25) is 0 Å². The molecular weight excluding hydrogens is 436 g/mol. The predicted octanol–water partition coefficient (Wildman–Crippen LogP) is 3.73. The van der Waals surface area contributed by atoms with Crippen LogP contribution >= 0.6 is 0 Å². The summed E-state index contributed by atoms with van der Waals surface area (Å²) in [6, 6.07) is 5.65. The highest BCUT2D eigenvalue weighted by molar-refractivity contribution is 5.76. The Morgan fingerprint density at radius 1 is 1.09 bits per heavy atom. The first-order chi connectivity index (χ1) is 16.5. The Balaban J connectivity index is 1.37. The Morgan fingerprint density at radius 3 is 2.53 bits per heavy atom. The van der Waals surface area contributed by atoms with Gasteiger partial charge in [0.15, 0.2) is 17.3 Å². The van der Waals surface area contributed by atoms with Gasteiger partial charge >= 0.3 is 0 Å². The first kappa shape index (κ1) is 24.0. The SMILES string of the molecule is CCC(NC(=O)CCc1nc(C2(NC(C)=O)CCCCCC2)no1)c1ccc2c(c1)OCCO2. The monoisotopic (exact) mass is 470 g/mol. The van der Waals surface area contributed by atoms with Crippen molar-refractivity contribution in [1.82, 2.24) is 20.8 Å².